The Hall–Kier alpha value is -0.730. The summed E-state index contributed by atoms with van der Waals surface area (Å²) in [6, 6.07) is 0.0799. The molecule has 0 aliphatic heterocycles. The van der Waals surface area contributed by atoms with Crippen molar-refractivity contribution in [3.63, 3.8) is 0 Å². The van der Waals surface area contributed by atoms with Gasteiger partial charge in [0, 0.05) is 12.1 Å². The second-order valence-electron chi connectivity index (χ2n) is 7.36. The number of hydrogen-bond donors (Lipinski definition) is 2. The number of carbonyl (C=O) groups is 1. The lowest BCUT2D eigenvalue weighted by molar-refractivity contribution is -0.0402. The second-order valence-corrected chi connectivity index (χ2v) is 7.36. The molecule has 3 unspecified atom stereocenters. The number of carbonyl (C=O) groups excluding carboxylic acids is 1. The van der Waals surface area contributed by atoms with Crippen LogP contribution in [0.25, 0.3) is 0 Å². The molecular formula is C15H24N2O. The van der Waals surface area contributed by atoms with Crippen molar-refractivity contribution in [1.29, 1.82) is 0 Å². The maximum atomic E-state index is 11.8. The van der Waals surface area contributed by atoms with Crippen LogP contribution >= 0.6 is 0 Å². The second kappa shape index (κ2) is 3.88. The van der Waals surface area contributed by atoms with Gasteiger partial charge in [-0.3, -0.25) is 0 Å². The smallest absolute Gasteiger partial charge is 0.315 e. The van der Waals surface area contributed by atoms with Gasteiger partial charge in [0.1, 0.15) is 0 Å². The Morgan fingerprint density at radius 3 is 2.50 bits per heavy atom. The lowest BCUT2D eigenvalue weighted by atomic mass is 9.50. The van der Waals surface area contributed by atoms with Gasteiger partial charge in [0.2, 0.25) is 0 Å². The van der Waals surface area contributed by atoms with E-state index in [0.29, 0.717) is 0 Å². The summed E-state index contributed by atoms with van der Waals surface area (Å²) >= 11 is 0. The van der Waals surface area contributed by atoms with Crippen molar-refractivity contribution in [2.75, 3.05) is 6.54 Å². The number of hydrogen-bond acceptors (Lipinski definition) is 1. The van der Waals surface area contributed by atoms with Crippen molar-refractivity contribution in [3.05, 3.63) is 0 Å². The summed E-state index contributed by atoms with van der Waals surface area (Å²) in [6.07, 6.45) is 10.7. The fourth-order valence-electron chi connectivity index (χ4n) is 5.02. The zero-order valence-corrected chi connectivity index (χ0v) is 11.1. The van der Waals surface area contributed by atoms with Crippen molar-refractivity contribution < 1.29 is 4.79 Å². The van der Waals surface area contributed by atoms with Crippen molar-refractivity contribution in [2.45, 2.75) is 56.9 Å². The lowest BCUT2D eigenvalue weighted by Gasteiger charge is -2.61. The van der Waals surface area contributed by atoms with Gasteiger partial charge in [-0.15, -0.1) is 0 Å². The van der Waals surface area contributed by atoms with E-state index in [9.17, 15) is 4.79 Å². The van der Waals surface area contributed by atoms with Crippen LogP contribution in [-0.4, -0.2) is 18.1 Å². The molecule has 3 atom stereocenters. The summed E-state index contributed by atoms with van der Waals surface area (Å²) in [4.78, 5) is 11.8. The van der Waals surface area contributed by atoms with Gasteiger partial charge in [-0.25, -0.2) is 4.79 Å². The van der Waals surface area contributed by atoms with Crippen molar-refractivity contribution in [2.24, 2.45) is 23.7 Å². The highest BCUT2D eigenvalue weighted by Gasteiger charge is 2.57. The van der Waals surface area contributed by atoms with Crippen molar-refractivity contribution >= 4 is 6.03 Å². The molecule has 2 N–H and O–H groups in total. The molecule has 5 aliphatic rings. The summed E-state index contributed by atoms with van der Waals surface area (Å²) in [6.45, 7) is 0.874. The summed E-state index contributed by atoms with van der Waals surface area (Å²) in [5.74, 6) is 3.84. The minimum Gasteiger partial charge on any atom is -0.338 e. The van der Waals surface area contributed by atoms with Crippen LogP contribution in [0.2, 0.25) is 0 Å². The highest BCUT2D eigenvalue weighted by Crippen LogP contribution is 2.56. The van der Waals surface area contributed by atoms with E-state index in [1.54, 1.807) is 0 Å². The van der Waals surface area contributed by atoms with Crippen molar-refractivity contribution in [3.8, 4) is 0 Å². The van der Waals surface area contributed by atoms with Gasteiger partial charge in [-0.2, -0.15) is 0 Å². The number of fused-ring (bicyclic) bond motifs is 2. The Morgan fingerprint density at radius 2 is 1.94 bits per heavy atom. The monoisotopic (exact) mass is 248 g/mol. The molecule has 0 radical (unpaired) electrons. The molecule has 5 saturated carbocycles. The average molecular weight is 248 g/mol. The van der Waals surface area contributed by atoms with E-state index in [4.69, 9.17) is 0 Å². The van der Waals surface area contributed by atoms with E-state index >= 15 is 0 Å². The molecule has 5 rings (SSSR count). The molecular weight excluding hydrogens is 224 g/mol. The van der Waals surface area contributed by atoms with Gasteiger partial charge in [-0.1, -0.05) is 6.42 Å². The standard InChI is InChI=1S/C15H24N2O/c18-14(17-15-7-11(8-15)9-15)16-4-3-13-6-10-1-2-12(13)5-10/h10-13H,1-9H2,(H2,16,17,18). The maximum absolute atomic E-state index is 11.8. The molecule has 3 heteroatoms. The molecule has 0 spiro atoms. The number of urea groups is 1. The first-order valence-electron chi connectivity index (χ1n) is 7.78. The third-order valence-corrected chi connectivity index (χ3v) is 6.10. The third kappa shape index (κ3) is 1.74. The van der Waals surface area contributed by atoms with E-state index in [1.165, 1.54) is 51.4 Å². The van der Waals surface area contributed by atoms with Crippen LogP contribution in [0, 0.1) is 23.7 Å². The molecule has 5 fully saturated rings. The first kappa shape index (κ1) is 11.1. The fraction of sp³-hybridized carbons (Fsp3) is 0.933. The quantitative estimate of drug-likeness (QED) is 0.789. The molecule has 0 saturated heterocycles. The van der Waals surface area contributed by atoms with Crippen LogP contribution in [0.15, 0.2) is 0 Å². The zero-order valence-electron chi connectivity index (χ0n) is 11.1. The first-order valence-corrected chi connectivity index (χ1v) is 7.78. The predicted octanol–water partition coefficient (Wildman–Crippen LogP) is 2.66. The van der Waals surface area contributed by atoms with Gasteiger partial charge in [0.25, 0.3) is 0 Å². The van der Waals surface area contributed by atoms with Gasteiger partial charge < -0.3 is 10.6 Å². The van der Waals surface area contributed by atoms with Crippen molar-refractivity contribution in [1.82, 2.24) is 10.6 Å². The molecule has 2 amide bonds. The minimum absolute atomic E-state index is 0.0799. The highest BCUT2D eigenvalue weighted by molar-refractivity contribution is 5.75. The zero-order chi connectivity index (χ0) is 12.2. The Morgan fingerprint density at radius 1 is 1.11 bits per heavy atom. The van der Waals surface area contributed by atoms with E-state index in [0.717, 1.165) is 30.2 Å². The summed E-state index contributed by atoms with van der Waals surface area (Å²) in [7, 11) is 0. The van der Waals surface area contributed by atoms with Crippen LogP contribution in [0.1, 0.15) is 51.4 Å². The topological polar surface area (TPSA) is 41.1 Å². The predicted molar refractivity (Wildman–Crippen MR) is 70.2 cm³/mol. The third-order valence-electron chi connectivity index (χ3n) is 6.10. The van der Waals surface area contributed by atoms with Gasteiger partial charge in [-0.05, 0) is 68.6 Å². The van der Waals surface area contributed by atoms with Crippen LogP contribution in [-0.2, 0) is 0 Å². The Bertz CT molecular complexity index is 350. The van der Waals surface area contributed by atoms with E-state index in [2.05, 4.69) is 10.6 Å². The van der Waals surface area contributed by atoms with E-state index in [-0.39, 0.29) is 11.6 Å². The minimum atomic E-state index is 0.0799. The molecule has 0 aromatic carbocycles. The molecule has 0 aromatic heterocycles. The largest absolute Gasteiger partial charge is 0.338 e. The molecule has 3 nitrogen and oxygen atoms in total. The van der Waals surface area contributed by atoms with Crippen LogP contribution in [0.5, 0.6) is 0 Å². The van der Waals surface area contributed by atoms with Gasteiger partial charge in [0.05, 0.1) is 0 Å². The summed E-state index contributed by atoms with van der Waals surface area (Å²) in [5, 5.41) is 6.24. The van der Waals surface area contributed by atoms with Crippen LogP contribution in [0.4, 0.5) is 4.79 Å². The Kier molecular flexibility index (Phi) is 2.40. The van der Waals surface area contributed by atoms with Crippen LogP contribution < -0.4 is 10.6 Å². The molecule has 18 heavy (non-hydrogen) atoms. The van der Waals surface area contributed by atoms with E-state index in [1.807, 2.05) is 0 Å². The molecule has 0 aromatic rings. The first-order chi connectivity index (χ1) is 8.72. The Labute approximate surface area is 109 Å². The number of rotatable bonds is 4. The number of nitrogens with one attached hydrogen (secondary N) is 2. The number of amides is 2. The van der Waals surface area contributed by atoms with Gasteiger partial charge in [0.15, 0.2) is 0 Å². The normalized spacial score (nSPS) is 47.3. The fourth-order valence-corrected chi connectivity index (χ4v) is 5.02. The summed E-state index contributed by atoms with van der Waals surface area (Å²) in [5.41, 5.74) is 0.223. The molecule has 0 heterocycles. The summed E-state index contributed by atoms with van der Waals surface area (Å²) < 4.78 is 0. The maximum Gasteiger partial charge on any atom is 0.315 e. The highest BCUT2D eigenvalue weighted by atomic mass is 16.2. The molecule has 4 bridgehead atoms. The lowest BCUT2D eigenvalue weighted by Crippen LogP contribution is -2.69. The van der Waals surface area contributed by atoms with Crippen LogP contribution in [0.3, 0.4) is 0 Å². The molecule has 5 aliphatic carbocycles. The average Bonchev–Trinajstić information content (AvgIpc) is 2.83. The molecule has 100 valence electrons. The van der Waals surface area contributed by atoms with E-state index < -0.39 is 0 Å². The SMILES string of the molecule is O=C(NCCC1CC2CCC1C2)NC12CC(C1)C2. The van der Waals surface area contributed by atoms with Gasteiger partial charge >= 0.3 is 6.03 Å². The Balaban J connectivity index is 1.16.